The maximum atomic E-state index is 7.29. The van der Waals surface area contributed by atoms with Crippen molar-refractivity contribution < 1.29 is 0 Å². The molecule has 14 heavy (non-hydrogen) atoms. The van der Waals surface area contributed by atoms with Gasteiger partial charge < -0.3 is 10.7 Å². The molecule has 0 radical (unpaired) electrons. The fourth-order valence-corrected chi connectivity index (χ4v) is 1.21. The summed E-state index contributed by atoms with van der Waals surface area (Å²) in [7, 11) is 0. The zero-order chi connectivity index (χ0) is 10.4. The Hall–Kier alpha value is -1.57. The molecule has 0 saturated heterocycles. The van der Waals surface area contributed by atoms with Crippen LogP contribution in [0.3, 0.4) is 0 Å². The lowest BCUT2D eigenvalue weighted by Crippen LogP contribution is -2.11. The minimum Gasteiger partial charge on any atom is -0.384 e. The molecule has 0 unspecified atom stereocenters. The SMILES string of the molecule is CC(=N)/C=C(/C)NCc1ccccc1. The maximum absolute atomic E-state index is 7.29. The maximum Gasteiger partial charge on any atom is 0.0397 e. The molecule has 74 valence electrons. The van der Waals surface area contributed by atoms with E-state index < -0.39 is 0 Å². The van der Waals surface area contributed by atoms with Crippen LogP contribution in [0.25, 0.3) is 0 Å². The monoisotopic (exact) mass is 188 g/mol. The zero-order valence-electron chi connectivity index (χ0n) is 8.67. The zero-order valence-corrected chi connectivity index (χ0v) is 8.67. The van der Waals surface area contributed by atoms with Gasteiger partial charge in [0.1, 0.15) is 0 Å². The van der Waals surface area contributed by atoms with Crippen molar-refractivity contribution in [2.45, 2.75) is 20.4 Å². The van der Waals surface area contributed by atoms with Gasteiger partial charge in [-0.05, 0) is 25.5 Å². The summed E-state index contributed by atoms with van der Waals surface area (Å²) in [5, 5.41) is 10.5. The second-order valence-corrected chi connectivity index (χ2v) is 3.35. The Kier molecular flexibility index (Phi) is 3.92. The summed E-state index contributed by atoms with van der Waals surface area (Å²) in [5.41, 5.74) is 2.85. The van der Waals surface area contributed by atoms with Crippen LogP contribution in [0, 0.1) is 5.41 Å². The summed E-state index contributed by atoms with van der Waals surface area (Å²) in [6, 6.07) is 10.2. The van der Waals surface area contributed by atoms with Crippen LogP contribution in [0.4, 0.5) is 0 Å². The second-order valence-electron chi connectivity index (χ2n) is 3.35. The van der Waals surface area contributed by atoms with Crippen molar-refractivity contribution in [1.82, 2.24) is 5.32 Å². The van der Waals surface area contributed by atoms with Crippen LogP contribution < -0.4 is 5.32 Å². The number of hydrogen-bond donors (Lipinski definition) is 2. The highest BCUT2D eigenvalue weighted by atomic mass is 14.9. The van der Waals surface area contributed by atoms with Gasteiger partial charge in [-0.3, -0.25) is 0 Å². The van der Waals surface area contributed by atoms with E-state index in [1.165, 1.54) is 5.56 Å². The van der Waals surface area contributed by atoms with Crippen molar-refractivity contribution in [2.24, 2.45) is 0 Å². The molecule has 0 heterocycles. The van der Waals surface area contributed by atoms with E-state index in [0.717, 1.165) is 12.2 Å². The Morgan fingerprint density at radius 2 is 1.93 bits per heavy atom. The number of rotatable bonds is 4. The predicted octanol–water partition coefficient (Wildman–Crippen LogP) is 2.72. The van der Waals surface area contributed by atoms with Crippen LogP contribution in [-0.4, -0.2) is 5.71 Å². The van der Waals surface area contributed by atoms with E-state index in [1.54, 1.807) is 6.92 Å². The van der Waals surface area contributed by atoms with Crippen molar-refractivity contribution in [2.75, 3.05) is 0 Å². The quantitative estimate of drug-likeness (QED) is 0.700. The van der Waals surface area contributed by atoms with E-state index in [1.807, 2.05) is 31.2 Å². The van der Waals surface area contributed by atoms with Gasteiger partial charge in [-0.25, -0.2) is 0 Å². The molecule has 2 N–H and O–H groups in total. The number of allylic oxidation sites excluding steroid dienone is 2. The summed E-state index contributed by atoms with van der Waals surface area (Å²) in [5.74, 6) is 0. The van der Waals surface area contributed by atoms with Crippen LogP contribution in [0.2, 0.25) is 0 Å². The number of nitrogens with one attached hydrogen (secondary N) is 2. The summed E-state index contributed by atoms with van der Waals surface area (Å²) in [6.45, 7) is 4.56. The van der Waals surface area contributed by atoms with Gasteiger partial charge in [-0.15, -0.1) is 0 Å². The Labute approximate surface area is 85.2 Å². The molecule has 0 aliphatic heterocycles. The van der Waals surface area contributed by atoms with E-state index in [2.05, 4.69) is 17.4 Å². The Morgan fingerprint density at radius 3 is 2.50 bits per heavy atom. The second kappa shape index (κ2) is 5.22. The molecule has 0 aromatic heterocycles. The van der Waals surface area contributed by atoms with Crippen molar-refractivity contribution in [1.29, 1.82) is 5.41 Å². The van der Waals surface area contributed by atoms with Crippen molar-refractivity contribution in [3.8, 4) is 0 Å². The topological polar surface area (TPSA) is 35.9 Å². The third kappa shape index (κ3) is 3.90. The fraction of sp³-hybridized carbons (Fsp3) is 0.250. The molecule has 0 aliphatic carbocycles. The predicted molar refractivity (Wildman–Crippen MR) is 60.4 cm³/mol. The normalized spacial score (nSPS) is 11.1. The van der Waals surface area contributed by atoms with Crippen molar-refractivity contribution >= 4 is 5.71 Å². The lowest BCUT2D eigenvalue weighted by molar-refractivity contribution is 0.813. The standard InChI is InChI=1S/C12H16N2/c1-10(13)8-11(2)14-9-12-6-4-3-5-7-12/h3-8,13-14H,9H2,1-2H3/b11-8-,13-10?. The molecule has 2 nitrogen and oxygen atoms in total. The average Bonchev–Trinajstić information content (AvgIpc) is 2.15. The smallest absolute Gasteiger partial charge is 0.0397 e. The van der Waals surface area contributed by atoms with Gasteiger partial charge in [-0.1, -0.05) is 30.3 Å². The average molecular weight is 188 g/mol. The molecular weight excluding hydrogens is 172 g/mol. The van der Waals surface area contributed by atoms with E-state index in [4.69, 9.17) is 5.41 Å². The fourth-order valence-electron chi connectivity index (χ4n) is 1.21. The van der Waals surface area contributed by atoms with Gasteiger partial charge in [0.05, 0.1) is 0 Å². The van der Waals surface area contributed by atoms with E-state index in [0.29, 0.717) is 5.71 Å². The Balaban J connectivity index is 2.45. The minimum absolute atomic E-state index is 0.572. The largest absolute Gasteiger partial charge is 0.384 e. The first kappa shape index (κ1) is 10.5. The highest BCUT2D eigenvalue weighted by Gasteiger charge is 1.91. The number of hydrogen-bond acceptors (Lipinski definition) is 2. The summed E-state index contributed by atoms with van der Waals surface area (Å²) >= 11 is 0. The highest BCUT2D eigenvalue weighted by Crippen LogP contribution is 1.99. The van der Waals surface area contributed by atoms with Gasteiger partial charge in [0, 0.05) is 18.0 Å². The molecule has 0 aliphatic rings. The van der Waals surface area contributed by atoms with Gasteiger partial charge in [-0.2, -0.15) is 0 Å². The molecular formula is C12H16N2. The minimum atomic E-state index is 0.572. The van der Waals surface area contributed by atoms with Gasteiger partial charge in [0.2, 0.25) is 0 Å². The third-order valence-corrected chi connectivity index (χ3v) is 1.85. The van der Waals surface area contributed by atoms with Crippen LogP contribution in [0.15, 0.2) is 42.1 Å². The summed E-state index contributed by atoms with van der Waals surface area (Å²) in [6.07, 6.45) is 1.82. The van der Waals surface area contributed by atoms with Crippen molar-refractivity contribution in [3.05, 3.63) is 47.7 Å². The van der Waals surface area contributed by atoms with Gasteiger partial charge in [0.15, 0.2) is 0 Å². The van der Waals surface area contributed by atoms with Gasteiger partial charge >= 0.3 is 0 Å². The van der Waals surface area contributed by atoms with Crippen LogP contribution in [0.1, 0.15) is 19.4 Å². The van der Waals surface area contributed by atoms with Crippen molar-refractivity contribution in [3.63, 3.8) is 0 Å². The molecule has 2 heteroatoms. The summed E-state index contributed by atoms with van der Waals surface area (Å²) in [4.78, 5) is 0. The molecule has 0 amide bonds. The molecule has 0 saturated carbocycles. The van der Waals surface area contributed by atoms with Crippen LogP contribution in [-0.2, 0) is 6.54 Å². The highest BCUT2D eigenvalue weighted by molar-refractivity contribution is 5.90. The molecule has 0 fully saturated rings. The Bertz CT molecular complexity index is 325. The van der Waals surface area contributed by atoms with E-state index in [-0.39, 0.29) is 0 Å². The number of benzene rings is 1. The Morgan fingerprint density at radius 1 is 1.29 bits per heavy atom. The molecule has 0 bridgehead atoms. The van der Waals surface area contributed by atoms with E-state index in [9.17, 15) is 0 Å². The molecule has 0 spiro atoms. The molecule has 1 aromatic carbocycles. The van der Waals surface area contributed by atoms with Crippen LogP contribution in [0.5, 0.6) is 0 Å². The van der Waals surface area contributed by atoms with E-state index >= 15 is 0 Å². The first-order valence-electron chi connectivity index (χ1n) is 4.70. The first-order chi connectivity index (χ1) is 6.68. The molecule has 1 rings (SSSR count). The lowest BCUT2D eigenvalue weighted by Gasteiger charge is -2.05. The molecule has 0 atom stereocenters. The third-order valence-electron chi connectivity index (χ3n) is 1.85. The van der Waals surface area contributed by atoms with Crippen LogP contribution >= 0.6 is 0 Å². The lowest BCUT2D eigenvalue weighted by atomic mass is 10.2. The van der Waals surface area contributed by atoms with Gasteiger partial charge in [0.25, 0.3) is 0 Å². The first-order valence-corrected chi connectivity index (χ1v) is 4.70. The molecule has 1 aromatic rings. The summed E-state index contributed by atoms with van der Waals surface area (Å²) < 4.78 is 0.